The molecule has 0 aliphatic rings. The zero-order chi connectivity index (χ0) is 15.8. The minimum Gasteiger partial charge on any atom is -0.478 e. The van der Waals surface area contributed by atoms with Gasteiger partial charge in [0.05, 0.1) is 0 Å². The molecule has 1 unspecified atom stereocenters. The van der Waals surface area contributed by atoms with E-state index in [1.54, 1.807) is 40.9 Å². The van der Waals surface area contributed by atoms with E-state index in [0.29, 0.717) is 5.56 Å². The summed E-state index contributed by atoms with van der Waals surface area (Å²) in [5, 5.41) is 8.57. The Morgan fingerprint density at radius 1 is 1.33 bits per heavy atom. The van der Waals surface area contributed by atoms with Gasteiger partial charge in [0.1, 0.15) is 0 Å². The Balaban J connectivity index is 2.72. The SMILES string of the molecule is CSCCC(C)N(C)C(=O)c1ccc(/C=C/C(=O)O)cc1. The van der Waals surface area contributed by atoms with Crippen molar-refractivity contribution in [2.24, 2.45) is 0 Å². The highest BCUT2D eigenvalue weighted by atomic mass is 32.2. The molecule has 4 nitrogen and oxygen atoms in total. The van der Waals surface area contributed by atoms with Gasteiger partial charge in [-0.2, -0.15) is 11.8 Å². The van der Waals surface area contributed by atoms with E-state index in [1.807, 2.05) is 14.0 Å². The van der Waals surface area contributed by atoms with E-state index in [1.165, 1.54) is 6.08 Å². The van der Waals surface area contributed by atoms with Crippen LogP contribution >= 0.6 is 11.8 Å². The average molecular weight is 307 g/mol. The van der Waals surface area contributed by atoms with E-state index in [9.17, 15) is 9.59 Å². The van der Waals surface area contributed by atoms with E-state index < -0.39 is 5.97 Å². The Kier molecular flexibility index (Phi) is 7.02. The highest BCUT2D eigenvalue weighted by Gasteiger charge is 2.16. The fourth-order valence-corrected chi connectivity index (χ4v) is 2.37. The minimum atomic E-state index is -0.988. The summed E-state index contributed by atoms with van der Waals surface area (Å²) >= 11 is 1.77. The molecule has 1 N–H and O–H groups in total. The molecule has 5 heteroatoms. The van der Waals surface area contributed by atoms with Crippen LogP contribution in [0.1, 0.15) is 29.3 Å². The molecule has 0 saturated heterocycles. The first-order valence-electron chi connectivity index (χ1n) is 6.73. The van der Waals surface area contributed by atoms with Gasteiger partial charge in [-0.15, -0.1) is 0 Å². The van der Waals surface area contributed by atoms with Gasteiger partial charge in [-0.25, -0.2) is 4.79 Å². The number of benzene rings is 1. The highest BCUT2D eigenvalue weighted by Crippen LogP contribution is 2.12. The standard InChI is InChI=1S/C16H21NO3S/c1-12(10-11-21-3)17(2)16(20)14-7-4-13(5-8-14)6-9-15(18)19/h4-9,12H,10-11H2,1-3H3,(H,18,19)/b9-6+. The molecular weight excluding hydrogens is 286 g/mol. The van der Waals surface area contributed by atoms with Crippen molar-refractivity contribution in [3.05, 3.63) is 41.5 Å². The summed E-state index contributed by atoms with van der Waals surface area (Å²) < 4.78 is 0. The summed E-state index contributed by atoms with van der Waals surface area (Å²) in [6.45, 7) is 2.04. The zero-order valence-corrected chi connectivity index (χ0v) is 13.4. The molecule has 114 valence electrons. The molecule has 1 aromatic carbocycles. The number of carbonyl (C=O) groups excluding carboxylic acids is 1. The van der Waals surface area contributed by atoms with E-state index in [-0.39, 0.29) is 11.9 Å². The molecule has 0 bridgehead atoms. The number of carboxylic acid groups (broad SMARTS) is 1. The molecule has 0 spiro atoms. The molecule has 0 radical (unpaired) electrons. The maximum atomic E-state index is 12.3. The van der Waals surface area contributed by atoms with E-state index in [2.05, 4.69) is 6.26 Å². The molecule has 1 amide bonds. The number of thioether (sulfide) groups is 1. The summed E-state index contributed by atoms with van der Waals surface area (Å²) in [4.78, 5) is 24.5. The second-order valence-corrected chi connectivity index (χ2v) is 5.83. The summed E-state index contributed by atoms with van der Waals surface area (Å²) in [5.41, 5.74) is 1.37. The van der Waals surface area contributed by atoms with Gasteiger partial charge in [-0.1, -0.05) is 12.1 Å². The van der Waals surface area contributed by atoms with Crippen LogP contribution < -0.4 is 0 Å². The van der Waals surface area contributed by atoms with Crippen molar-refractivity contribution < 1.29 is 14.7 Å². The van der Waals surface area contributed by atoms with Gasteiger partial charge in [-0.3, -0.25) is 4.79 Å². The van der Waals surface area contributed by atoms with Gasteiger partial charge < -0.3 is 10.0 Å². The fourth-order valence-electron chi connectivity index (χ4n) is 1.79. The zero-order valence-electron chi connectivity index (χ0n) is 12.6. The smallest absolute Gasteiger partial charge is 0.328 e. The average Bonchev–Trinajstić information content (AvgIpc) is 2.49. The molecule has 1 atom stereocenters. The number of hydrogen-bond acceptors (Lipinski definition) is 3. The number of carbonyl (C=O) groups is 2. The van der Waals surface area contributed by atoms with Crippen LogP contribution in [0.15, 0.2) is 30.3 Å². The number of aliphatic carboxylic acids is 1. The first-order chi connectivity index (χ1) is 9.95. The molecule has 1 aromatic rings. The molecule has 0 heterocycles. The Morgan fingerprint density at radius 3 is 2.48 bits per heavy atom. The lowest BCUT2D eigenvalue weighted by Gasteiger charge is -2.25. The van der Waals surface area contributed by atoms with Crippen LogP contribution in [0.2, 0.25) is 0 Å². The molecule has 0 fully saturated rings. The second kappa shape index (κ2) is 8.52. The first kappa shape index (κ1) is 17.3. The van der Waals surface area contributed by atoms with Crippen LogP contribution in [0.25, 0.3) is 6.08 Å². The number of carboxylic acids is 1. The lowest BCUT2D eigenvalue weighted by atomic mass is 10.1. The predicted octanol–water partition coefficient (Wildman–Crippen LogP) is 3.00. The number of nitrogens with zero attached hydrogens (tertiary/aromatic N) is 1. The first-order valence-corrected chi connectivity index (χ1v) is 8.12. The lowest BCUT2D eigenvalue weighted by molar-refractivity contribution is -0.131. The van der Waals surface area contributed by atoms with Crippen LogP contribution in [-0.2, 0) is 4.79 Å². The predicted molar refractivity (Wildman–Crippen MR) is 87.7 cm³/mol. The van der Waals surface area contributed by atoms with Crippen molar-refractivity contribution in [2.45, 2.75) is 19.4 Å². The Labute approximate surface area is 129 Å². The van der Waals surface area contributed by atoms with Crippen LogP contribution in [-0.4, -0.2) is 47.0 Å². The van der Waals surface area contributed by atoms with Crippen LogP contribution in [0, 0.1) is 0 Å². The van der Waals surface area contributed by atoms with Gasteiger partial charge in [0, 0.05) is 24.7 Å². The molecule has 1 rings (SSSR count). The van der Waals surface area contributed by atoms with E-state index in [0.717, 1.165) is 23.8 Å². The van der Waals surface area contributed by atoms with E-state index >= 15 is 0 Å². The van der Waals surface area contributed by atoms with Gasteiger partial charge in [0.25, 0.3) is 5.91 Å². The second-order valence-electron chi connectivity index (χ2n) is 4.84. The monoisotopic (exact) mass is 307 g/mol. The van der Waals surface area contributed by atoms with Crippen molar-refractivity contribution in [3.8, 4) is 0 Å². The van der Waals surface area contributed by atoms with E-state index in [4.69, 9.17) is 5.11 Å². The minimum absolute atomic E-state index is 0.0163. The van der Waals surface area contributed by atoms with Gasteiger partial charge >= 0.3 is 5.97 Å². The van der Waals surface area contributed by atoms with Gasteiger partial charge in [0.15, 0.2) is 0 Å². The fraction of sp³-hybridized carbons (Fsp3) is 0.375. The summed E-state index contributed by atoms with van der Waals surface area (Å²) in [6, 6.07) is 7.13. The number of amides is 1. The third kappa shape index (κ3) is 5.63. The van der Waals surface area contributed by atoms with Crippen LogP contribution in [0.4, 0.5) is 0 Å². The van der Waals surface area contributed by atoms with Crippen molar-refractivity contribution in [1.82, 2.24) is 4.90 Å². The maximum absolute atomic E-state index is 12.3. The lowest BCUT2D eigenvalue weighted by Crippen LogP contribution is -2.35. The molecule has 0 aromatic heterocycles. The Hall–Kier alpha value is -1.75. The van der Waals surface area contributed by atoms with Crippen LogP contribution in [0.3, 0.4) is 0 Å². The quantitative estimate of drug-likeness (QED) is 0.787. The van der Waals surface area contributed by atoms with Crippen molar-refractivity contribution in [3.63, 3.8) is 0 Å². The number of rotatable bonds is 7. The molecule has 21 heavy (non-hydrogen) atoms. The molecule has 0 aliphatic carbocycles. The summed E-state index contributed by atoms with van der Waals surface area (Å²) in [5.74, 6) is 0.0208. The Bertz CT molecular complexity index is 511. The topological polar surface area (TPSA) is 57.6 Å². The van der Waals surface area contributed by atoms with Crippen molar-refractivity contribution in [1.29, 1.82) is 0 Å². The van der Waals surface area contributed by atoms with Gasteiger partial charge in [-0.05, 0) is 49.1 Å². The molecule has 0 aliphatic heterocycles. The largest absolute Gasteiger partial charge is 0.478 e. The normalized spacial score (nSPS) is 12.3. The third-order valence-electron chi connectivity index (χ3n) is 3.30. The summed E-state index contributed by atoms with van der Waals surface area (Å²) in [7, 11) is 1.81. The molecular formula is C16H21NO3S. The van der Waals surface area contributed by atoms with Gasteiger partial charge in [0.2, 0.25) is 0 Å². The highest BCUT2D eigenvalue weighted by molar-refractivity contribution is 7.98. The maximum Gasteiger partial charge on any atom is 0.328 e. The van der Waals surface area contributed by atoms with Crippen molar-refractivity contribution in [2.75, 3.05) is 19.1 Å². The number of hydrogen-bond donors (Lipinski definition) is 1. The molecule has 0 saturated carbocycles. The van der Waals surface area contributed by atoms with Crippen LogP contribution in [0.5, 0.6) is 0 Å². The third-order valence-corrected chi connectivity index (χ3v) is 3.94. The Morgan fingerprint density at radius 2 is 1.95 bits per heavy atom. The van der Waals surface area contributed by atoms with Crippen molar-refractivity contribution >= 4 is 29.7 Å². The summed E-state index contributed by atoms with van der Waals surface area (Å²) in [6.07, 6.45) is 5.59.